The van der Waals surface area contributed by atoms with Gasteiger partial charge >= 0.3 is 0 Å². The molecule has 0 bridgehead atoms. The number of likely N-dealkylation sites (N-methyl/N-ethyl adjacent to an activating group) is 1. The molecule has 0 saturated heterocycles. The Morgan fingerprint density at radius 3 is 2.52 bits per heavy atom. The van der Waals surface area contributed by atoms with Crippen molar-refractivity contribution in [1.82, 2.24) is 9.62 Å². The normalized spacial score (nSPS) is 11.4. The van der Waals surface area contributed by atoms with Crippen molar-refractivity contribution in [2.45, 2.75) is 31.7 Å². The molecule has 0 aromatic heterocycles. The molecular formula is C20H26N2O4S. The topological polar surface area (TPSA) is 75.7 Å². The standard InChI is InChI=1S/C20H26N2O4S/c1-15(2)21-27(24,25)18-10-7-9-17(14-18)20(23)22(4)12-13-26-19-11-6-5-8-16(19)3/h5-11,14-15,21H,12-13H2,1-4H3. The van der Waals surface area contributed by atoms with Crippen LogP contribution in [0.25, 0.3) is 0 Å². The number of ether oxygens (including phenoxy) is 1. The molecule has 0 heterocycles. The number of aryl methyl sites for hydroxylation is 1. The third kappa shape index (κ3) is 5.80. The zero-order chi connectivity index (χ0) is 20.0. The van der Waals surface area contributed by atoms with Gasteiger partial charge in [0.05, 0.1) is 11.4 Å². The van der Waals surface area contributed by atoms with Crippen LogP contribution in [0, 0.1) is 6.92 Å². The fraction of sp³-hybridized carbons (Fsp3) is 0.350. The van der Waals surface area contributed by atoms with Gasteiger partial charge in [-0.15, -0.1) is 0 Å². The molecule has 0 unspecified atom stereocenters. The molecule has 146 valence electrons. The van der Waals surface area contributed by atoms with Crippen molar-refractivity contribution in [2.24, 2.45) is 0 Å². The van der Waals surface area contributed by atoms with E-state index in [0.717, 1.165) is 11.3 Å². The van der Waals surface area contributed by atoms with Crippen LogP contribution in [-0.4, -0.2) is 45.5 Å². The maximum Gasteiger partial charge on any atom is 0.253 e. The lowest BCUT2D eigenvalue weighted by Crippen LogP contribution is -2.32. The van der Waals surface area contributed by atoms with Gasteiger partial charge in [0, 0.05) is 18.7 Å². The van der Waals surface area contributed by atoms with Crippen LogP contribution in [0.5, 0.6) is 5.75 Å². The Kier molecular flexibility index (Phi) is 6.98. The number of hydrogen-bond acceptors (Lipinski definition) is 4. The molecule has 0 atom stereocenters. The Labute approximate surface area is 161 Å². The lowest BCUT2D eigenvalue weighted by molar-refractivity contribution is 0.0773. The highest BCUT2D eigenvalue weighted by molar-refractivity contribution is 7.89. The summed E-state index contributed by atoms with van der Waals surface area (Å²) >= 11 is 0. The molecule has 0 aliphatic carbocycles. The molecule has 2 rings (SSSR count). The summed E-state index contributed by atoms with van der Waals surface area (Å²) in [5.74, 6) is 0.524. The van der Waals surface area contributed by atoms with Crippen LogP contribution in [0.1, 0.15) is 29.8 Å². The highest BCUT2D eigenvalue weighted by Crippen LogP contribution is 2.16. The highest BCUT2D eigenvalue weighted by atomic mass is 32.2. The fourth-order valence-corrected chi connectivity index (χ4v) is 3.80. The van der Waals surface area contributed by atoms with E-state index in [1.54, 1.807) is 33.0 Å². The van der Waals surface area contributed by atoms with E-state index in [0.29, 0.717) is 18.7 Å². The molecule has 1 N–H and O–H groups in total. The van der Waals surface area contributed by atoms with Crippen LogP contribution in [0.3, 0.4) is 0 Å². The number of carbonyl (C=O) groups is 1. The van der Waals surface area contributed by atoms with Gasteiger partial charge in [-0.1, -0.05) is 24.3 Å². The number of nitrogens with one attached hydrogen (secondary N) is 1. The maximum atomic E-state index is 12.6. The van der Waals surface area contributed by atoms with Gasteiger partial charge in [0.2, 0.25) is 10.0 Å². The van der Waals surface area contributed by atoms with E-state index in [2.05, 4.69) is 4.72 Å². The Hall–Kier alpha value is -2.38. The van der Waals surface area contributed by atoms with Crippen LogP contribution in [0.4, 0.5) is 0 Å². The largest absolute Gasteiger partial charge is 0.491 e. The Morgan fingerprint density at radius 1 is 1.15 bits per heavy atom. The Morgan fingerprint density at radius 2 is 1.85 bits per heavy atom. The van der Waals surface area contributed by atoms with Gasteiger partial charge in [-0.05, 0) is 50.6 Å². The molecule has 27 heavy (non-hydrogen) atoms. The molecule has 7 heteroatoms. The van der Waals surface area contributed by atoms with Gasteiger partial charge in [-0.3, -0.25) is 4.79 Å². The van der Waals surface area contributed by atoms with Gasteiger partial charge in [-0.25, -0.2) is 13.1 Å². The monoisotopic (exact) mass is 390 g/mol. The number of rotatable bonds is 8. The van der Waals surface area contributed by atoms with Crippen LogP contribution in [-0.2, 0) is 10.0 Å². The quantitative estimate of drug-likeness (QED) is 0.752. The first-order chi connectivity index (χ1) is 12.7. The van der Waals surface area contributed by atoms with Gasteiger partial charge < -0.3 is 9.64 Å². The van der Waals surface area contributed by atoms with E-state index in [1.165, 1.54) is 17.0 Å². The molecule has 0 spiro atoms. The number of amides is 1. The molecule has 0 aliphatic heterocycles. The molecule has 6 nitrogen and oxygen atoms in total. The SMILES string of the molecule is Cc1ccccc1OCCN(C)C(=O)c1cccc(S(=O)(=O)NC(C)C)c1. The van der Waals surface area contributed by atoms with Gasteiger partial charge in [0.15, 0.2) is 0 Å². The van der Waals surface area contributed by atoms with E-state index in [-0.39, 0.29) is 16.8 Å². The first-order valence-corrected chi connectivity index (χ1v) is 10.3. The number of benzene rings is 2. The molecule has 0 radical (unpaired) electrons. The minimum Gasteiger partial charge on any atom is -0.491 e. The van der Waals surface area contributed by atoms with Crippen molar-refractivity contribution in [3.8, 4) is 5.75 Å². The van der Waals surface area contributed by atoms with Crippen molar-refractivity contribution in [3.05, 3.63) is 59.7 Å². The van der Waals surface area contributed by atoms with Crippen LogP contribution in [0.15, 0.2) is 53.4 Å². The lowest BCUT2D eigenvalue weighted by atomic mass is 10.2. The predicted octanol–water partition coefficient (Wildman–Crippen LogP) is 2.83. The van der Waals surface area contributed by atoms with Crippen molar-refractivity contribution < 1.29 is 17.9 Å². The summed E-state index contributed by atoms with van der Waals surface area (Å²) in [4.78, 5) is 14.2. The van der Waals surface area contributed by atoms with Crippen LogP contribution in [0.2, 0.25) is 0 Å². The molecule has 0 fully saturated rings. The average molecular weight is 391 g/mol. The summed E-state index contributed by atoms with van der Waals surface area (Å²) in [6, 6.07) is 13.5. The van der Waals surface area contributed by atoms with Crippen molar-refractivity contribution >= 4 is 15.9 Å². The molecule has 2 aromatic rings. The van der Waals surface area contributed by atoms with E-state index < -0.39 is 10.0 Å². The number of nitrogens with zero attached hydrogens (tertiary/aromatic N) is 1. The van der Waals surface area contributed by atoms with Crippen molar-refractivity contribution in [1.29, 1.82) is 0 Å². The minimum absolute atomic E-state index is 0.0756. The number of carbonyl (C=O) groups excluding carboxylic acids is 1. The highest BCUT2D eigenvalue weighted by Gasteiger charge is 2.18. The third-order valence-electron chi connectivity index (χ3n) is 3.91. The third-order valence-corrected chi connectivity index (χ3v) is 5.56. The summed E-state index contributed by atoms with van der Waals surface area (Å²) in [5.41, 5.74) is 1.35. The van der Waals surface area contributed by atoms with Crippen LogP contribution >= 0.6 is 0 Å². The maximum absolute atomic E-state index is 12.6. The minimum atomic E-state index is -3.64. The van der Waals surface area contributed by atoms with E-state index in [9.17, 15) is 13.2 Å². The second kappa shape index (κ2) is 9.01. The summed E-state index contributed by atoms with van der Waals surface area (Å²) in [6.45, 7) is 6.18. The summed E-state index contributed by atoms with van der Waals surface area (Å²) in [7, 11) is -1.98. The van der Waals surface area contributed by atoms with Gasteiger partial charge in [0.1, 0.15) is 12.4 Å². The second-order valence-corrected chi connectivity index (χ2v) is 8.36. The van der Waals surface area contributed by atoms with Crippen LogP contribution < -0.4 is 9.46 Å². The van der Waals surface area contributed by atoms with Crippen molar-refractivity contribution in [3.63, 3.8) is 0 Å². The zero-order valence-corrected chi connectivity index (χ0v) is 16.9. The first kappa shape index (κ1) is 20.9. The Bertz CT molecular complexity index is 894. The fourth-order valence-electron chi connectivity index (χ4n) is 2.51. The molecule has 0 saturated carbocycles. The van der Waals surface area contributed by atoms with E-state index in [1.807, 2.05) is 31.2 Å². The van der Waals surface area contributed by atoms with E-state index >= 15 is 0 Å². The number of sulfonamides is 1. The van der Waals surface area contributed by atoms with Gasteiger partial charge in [0.25, 0.3) is 5.91 Å². The zero-order valence-electron chi connectivity index (χ0n) is 16.1. The molecule has 0 aliphatic rings. The first-order valence-electron chi connectivity index (χ1n) is 8.77. The smallest absolute Gasteiger partial charge is 0.253 e. The molecule has 1 amide bonds. The molecule has 2 aromatic carbocycles. The van der Waals surface area contributed by atoms with E-state index in [4.69, 9.17) is 4.74 Å². The molecular weight excluding hydrogens is 364 g/mol. The summed E-state index contributed by atoms with van der Waals surface area (Å²) in [5, 5.41) is 0. The summed E-state index contributed by atoms with van der Waals surface area (Å²) < 4.78 is 32.8. The number of hydrogen-bond donors (Lipinski definition) is 1. The predicted molar refractivity (Wildman–Crippen MR) is 106 cm³/mol. The Balaban J connectivity index is 2.02. The second-order valence-electron chi connectivity index (χ2n) is 6.64. The average Bonchev–Trinajstić information content (AvgIpc) is 2.61. The summed E-state index contributed by atoms with van der Waals surface area (Å²) in [6.07, 6.45) is 0. The number of para-hydroxylation sites is 1. The van der Waals surface area contributed by atoms with Gasteiger partial charge in [-0.2, -0.15) is 0 Å². The van der Waals surface area contributed by atoms with Crippen molar-refractivity contribution in [2.75, 3.05) is 20.2 Å². The lowest BCUT2D eigenvalue weighted by Gasteiger charge is -2.18.